The number of nitrogens with zero attached hydrogens (tertiary/aromatic N) is 4. The third kappa shape index (κ3) is 4.09. The molecule has 1 fully saturated rings. The van der Waals surface area contributed by atoms with E-state index in [1.807, 2.05) is 36.7 Å². The molecule has 25 heavy (non-hydrogen) atoms. The Morgan fingerprint density at radius 2 is 2.04 bits per heavy atom. The van der Waals surface area contributed by atoms with E-state index < -0.39 is 0 Å². The number of amides is 1. The van der Waals surface area contributed by atoms with Crippen LogP contribution in [-0.2, 0) is 11.3 Å². The molecule has 2 atom stereocenters. The molecular weight excluding hydrogens is 312 g/mol. The Hall–Kier alpha value is -2.17. The van der Waals surface area contributed by atoms with Crippen LogP contribution < -0.4 is 0 Å². The van der Waals surface area contributed by atoms with Crippen molar-refractivity contribution < 1.29 is 4.79 Å². The monoisotopic (exact) mass is 340 g/mol. The van der Waals surface area contributed by atoms with E-state index in [-0.39, 0.29) is 11.8 Å². The molecule has 2 heterocycles. The molecule has 5 heteroatoms. The second-order valence-corrected chi connectivity index (χ2v) is 7.05. The molecule has 134 valence electrons. The van der Waals surface area contributed by atoms with Crippen LogP contribution >= 0.6 is 0 Å². The van der Waals surface area contributed by atoms with E-state index in [4.69, 9.17) is 0 Å². The topological polar surface area (TPSA) is 51.0 Å². The summed E-state index contributed by atoms with van der Waals surface area (Å²) in [6.07, 6.45) is 3.05. The molecule has 1 aliphatic heterocycles. The summed E-state index contributed by atoms with van der Waals surface area (Å²) >= 11 is 0. The molecule has 0 unspecified atom stereocenters. The van der Waals surface area contributed by atoms with Gasteiger partial charge in [-0.05, 0) is 44.6 Å². The number of rotatable bonds is 5. The largest absolute Gasteiger partial charge is 0.342 e. The van der Waals surface area contributed by atoms with Crippen molar-refractivity contribution in [3.8, 4) is 0 Å². The number of aryl methyl sites for hydroxylation is 2. The number of likely N-dealkylation sites (tertiary alicyclic amines) is 1. The maximum atomic E-state index is 13.1. The highest BCUT2D eigenvalue weighted by Crippen LogP contribution is 2.26. The minimum absolute atomic E-state index is 0.0321. The van der Waals surface area contributed by atoms with Crippen LogP contribution in [0.2, 0.25) is 0 Å². The van der Waals surface area contributed by atoms with Crippen molar-refractivity contribution in [2.75, 3.05) is 13.1 Å². The van der Waals surface area contributed by atoms with Crippen molar-refractivity contribution in [3.05, 3.63) is 47.5 Å². The van der Waals surface area contributed by atoms with E-state index in [0.717, 1.165) is 56.1 Å². The van der Waals surface area contributed by atoms with Crippen molar-refractivity contribution >= 4 is 5.91 Å². The molecule has 0 spiro atoms. The Morgan fingerprint density at radius 3 is 2.68 bits per heavy atom. The lowest BCUT2D eigenvalue weighted by Gasteiger charge is -2.35. The molecule has 1 aliphatic rings. The summed E-state index contributed by atoms with van der Waals surface area (Å²) in [5.41, 5.74) is 1.12. The Labute approximate surface area is 150 Å². The second-order valence-electron chi connectivity index (χ2n) is 7.05. The standard InChI is InChI=1S/C20H28N4O/c1-4-19(18-10-6-5-7-11-18)20(25)23-12-8-9-17(13-23)14-24-16(3)21-15(2)22-24/h5-7,10-11,17,19H,4,8-9,12-14H2,1-3H3/t17-,19-/m1/s1. The van der Waals surface area contributed by atoms with Gasteiger partial charge in [-0.25, -0.2) is 9.67 Å². The van der Waals surface area contributed by atoms with Crippen LogP contribution in [0.1, 0.15) is 49.3 Å². The Morgan fingerprint density at radius 1 is 1.28 bits per heavy atom. The first-order valence-corrected chi connectivity index (χ1v) is 9.30. The first-order valence-electron chi connectivity index (χ1n) is 9.30. The quantitative estimate of drug-likeness (QED) is 0.839. The van der Waals surface area contributed by atoms with Crippen LogP contribution in [0.15, 0.2) is 30.3 Å². The van der Waals surface area contributed by atoms with Gasteiger partial charge in [0.05, 0.1) is 5.92 Å². The summed E-state index contributed by atoms with van der Waals surface area (Å²) in [6.45, 7) is 8.55. The van der Waals surface area contributed by atoms with Gasteiger partial charge in [0.1, 0.15) is 11.6 Å². The SMILES string of the molecule is CC[C@@H](C(=O)N1CCC[C@@H](Cn2nc(C)nc2C)C1)c1ccccc1. The molecule has 0 aliphatic carbocycles. The van der Waals surface area contributed by atoms with Crippen LogP contribution in [0.3, 0.4) is 0 Å². The van der Waals surface area contributed by atoms with Gasteiger partial charge in [-0.3, -0.25) is 4.79 Å². The van der Waals surface area contributed by atoms with Crippen LogP contribution in [-0.4, -0.2) is 38.7 Å². The number of carbonyl (C=O) groups excluding carboxylic acids is 1. The fourth-order valence-electron chi connectivity index (χ4n) is 3.85. The number of carbonyl (C=O) groups is 1. The molecule has 1 saturated heterocycles. The van der Waals surface area contributed by atoms with Gasteiger partial charge in [0.2, 0.25) is 5.91 Å². The van der Waals surface area contributed by atoms with E-state index in [0.29, 0.717) is 5.92 Å². The van der Waals surface area contributed by atoms with Gasteiger partial charge in [0.25, 0.3) is 0 Å². The molecule has 0 radical (unpaired) electrons. The van der Waals surface area contributed by atoms with Crippen LogP contribution in [0.5, 0.6) is 0 Å². The number of hydrogen-bond donors (Lipinski definition) is 0. The van der Waals surface area contributed by atoms with Gasteiger partial charge in [-0.1, -0.05) is 37.3 Å². The van der Waals surface area contributed by atoms with Crippen molar-refractivity contribution in [2.45, 2.75) is 52.5 Å². The molecule has 0 saturated carbocycles. The molecule has 1 aromatic carbocycles. The number of benzene rings is 1. The summed E-state index contributed by atoms with van der Waals surface area (Å²) in [7, 11) is 0. The number of aromatic nitrogens is 3. The smallest absolute Gasteiger partial charge is 0.230 e. The fraction of sp³-hybridized carbons (Fsp3) is 0.550. The number of piperidine rings is 1. The van der Waals surface area contributed by atoms with Gasteiger partial charge in [-0.15, -0.1) is 0 Å². The second kappa shape index (κ2) is 7.81. The highest BCUT2D eigenvalue weighted by Gasteiger charge is 2.29. The average molecular weight is 340 g/mol. The molecule has 1 aromatic heterocycles. The van der Waals surface area contributed by atoms with Crippen molar-refractivity contribution in [1.82, 2.24) is 19.7 Å². The molecule has 1 amide bonds. The fourth-order valence-corrected chi connectivity index (χ4v) is 3.85. The van der Waals surface area contributed by atoms with Crippen LogP contribution in [0, 0.1) is 19.8 Å². The summed E-state index contributed by atoms with van der Waals surface area (Å²) in [6, 6.07) is 10.2. The maximum Gasteiger partial charge on any atom is 0.230 e. The van der Waals surface area contributed by atoms with E-state index in [9.17, 15) is 4.79 Å². The van der Waals surface area contributed by atoms with Crippen LogP contribution in [0.4, 0.5) is 0 Å². The molecule has 0 N–H and O–H groups in total. The Balaban J connectivity index is 1.67. The zero-order chi connectivity index (χ0) is 17.8. The first kappa shape index (κ1) is 17.6. The normalized spacial score (nSPS) is 19.0. The van der Waals surface area contributed by atoms with Gasteiger partial charge in [-0.2, -0.15) is 5.10 Å². The lowest BCUT2D eigenvalue weighted by Crippen LogP contribution is -2.43. The lowest BCUT2D eigenvalue weighted by molar-refractivity contribution is -0.134. The minimum Gasteiger partial charge on any atom is -0.342 e. The van der Waals surface area contributed by atoms with E-state index in [1.54, 1.807) is 0 Å². The highest BCUT2D eigenvalue weighted by molar-refractivity contribution is 5.83. The first-order chi connectivity index (χ1) is 12.1. The molecule has 0 bridgehead atoms. The third-order valence-corrected chi connectivity index (χ3v) is 5.13. The number of hydrogen-bond acceptors (Lipinski definition) is 3. The molecule has 5 nitrogen and oxygen atoms in total. The summed E-state index contributed by atoms with van der Waals surface area (Å²) in [4.78, 5) is 19.5. The van der Waals surface area contributed by atoms with Crippen molar-refractivity contribution in [3.63, 3.8) is 0 Å². The van der Waals surface area contributed by atoms with Gasteiger partial charge in [0, 0.05) is 19.6 Å². The lowest BCUT2D eigenvalue weighted by atomic mass is 9.92. The molecular formula is C20H28N4O. The maximum absolute atomic E-state index is 13.1. The predicted molar refractivity (Wildman–Crippen MR) is 98.3 cm³/mol. The summed E-state index contributed by atoms with van der Waals surface area (Å²) in [5, 5.41) is 4.48. The molecule has 2 aromatic rings. The van der Waals surface area contributed by atoms with Gasteiger partial charge in [0.15, 0.2) is 0 Å². The Bertz CT molecular complexity index is 710. The van der Waals surface area contributed by atoms with Crippen molar-refractivity contribution in [2.24, 2.45) is 5.92 Å². The van der Waals surface area contributed by atoms with Gasteiger partial charge >= 0.3 is 0 Å². The minimum atomic E-state index is -0.0321. The Kier molecular flexibility index (Phi) is 5.51. The predicted octanol–water partition coefficient (Wildman–Crippen LogP) is 3.33. The van der Waals surface area contributed by atoms with Crippen LogP contribution in [0.25, 0.3) is 0 Å². The zero-order valence-corrected chi connectivity index (χ0v) is 15.5. The van der Waals surface area contributed by atoms with Crippen molar-refractivity contribution in [1.29, 1.82) is 0 Å². The molecule has 3 rings (SSSR count). The highest BCUT2D eigenvalue weighted by atomic mass is 16.2. The third-order valence-electron chi connectivity index (χ3n) is 5.13. The average Bonchev–Trinajstić information content (AvgIpc) is 2.94. The van der Waals surface area contributed by atoms with E-state index >= 15 is 0 Å². The van der Waals surface area contributed by atoms with Gasteiger partial charge < -0.3 is 4.90 Å². The van der Waals surface area contributed by atoms with E-state index in [1.165, 1.54) is 0 Å². The van der Waals surface area contributed by atoms with E-state index in [2.05, 4.69) is 34.0 Å². The zero-order valence-electron chi connectivity index (χ0n) is 15.5. The summed E-state index contributed by atoms with van der Waals surface area (Å²) < 4.78 is 1.99. The summed E-state index contributed by atoms with van der Waals surface area (Å²) in [5.74, 6) is 2.46.